The Hall–Kier alpha value is -4.82. The molecular weight excluding hydrogens is 777 g/mol. The van der Waals surface area contributed by atoms with Crippen LogP contribution in [0.25, 0.3) is 56.5 Å². The second-order valence-electron chi connectivity index (χ2n) is 23.3. The summed E-state index contributed by atoms with van der Waals surface area (Å²) in [6.07, 6.45) is 4.36. The lowest BCUT2D eigenvalue weighted by Gasteiger charge is -2.35. The molecule has 3 N–H and O–H groups in total. The third kappa shape index (κ3) is 9.12. The maximum Gasteiger partial charge on any atom is 0.187 e. The van der Waals surface area contributed by atoms with Gasteiger partial charge in [-0.25, -0.2) is 4.98 Å². The SMILES string of the molecule is CC(O)c1cc2[nH]c1cc1ccc([nH]1)c(-c1cc(C(C)(C)C)cc(C(C)(C)C)c1)c1nc(c(C3OCC(C)(C)CO3)c3nc(c2-c2cc(C(C)(C)C)cc(C(C)(C)C)c2)CC3)C=C1. The number of aromatic nitrogens is 4. The molecule has 8 rings (SSSR count). The highest BCUT2D eigenvalue weighted by molar-refractivity contribution is 5.92. The lowest BCUT2D eigenvalue weighted by atomic mass is 9.78. The monoisotopic (exact) mass is 847 g/mol. The lowest BCUT2D eigenvalue weighted by molar-refractivity contribution is -0.226. The van der Waals surface area contributed by atoms with E-state index in [-0.39, 0.29) is 27.1 Å². The molecule has 1 unspecified atom stereocenters. The van der Waals surface area contributed by atoms with Crippen molar-refractivity contribution < 1.29 is 14.6 Å². The summed E-state index contributed by atoms with van der Waals surface area (Å²) < 4.78 is 13.3. The number of aromatic amines is 2. The van der Waals surface area contributed by atoms with Gasteiger partial charge in [0.1, 0.15) is 0 Å². The predicted molar refractivity (Wildman–Crippen MR) is 262 cm³/mol. The van der Waals surface area contributed by atoms with Crippen molar-refractivity contribution in [3.05, 3.63) is 117 Å². The predicted octanol–water partition coefficient (Wildman–Crippen LogP) is 13.9. The van der Waals surface area contributed by atoms with Crippen LogP contribution >= 0.6 is 0 Å². The van der Waals surface area contributed by atoms with Crippen molar-refractivity contribution in [1.29, 1.82) is 0 Å². The third-order valence-corrected chi connectivity index (χ3v) is 12.9. The standard InChI is InChI=1S/C56H70N4O3/c1-32(61)40-29-47-49(34-24-37(54(8,9)10)27-38(25-34)55(11,12)13)43-19-21-45(59-43)50(51-62-30-56(14,15)31-63-51)44-20-18-42(58-44)48(41-17-16-39(57-41)28-46(40)60-47)33-22-35(52(2,3)4)26-36(23-33)53(5,6)7/h16-18,20,22-29,32,51,57,60-61H,19,21,30-31H2,1-15H3. The van der Waals surface area contributed by atoms with Crippen molar-refractivity contribution in [3.63, 3.8) is 0 Å². The van der Waals surface area contributed by atoms with E-state index in [1.165, 1.54) is 22.3 Å². The van der Waals surface area contributed by atoms with Crippen LogP contribution in [0.2, 0.25) is 0 Å². The zero-order valence-corrected chi connectivity index (χ0v) is 40.6. The molecule has 63 heavy (non-hydrogen) atoms. The van der Waals surface area contributed by atoms with Gasteiger partial charge in [0.05, 0.1) is 47.7 Å². The second-order valence-corrected chi connectivity index (χ2v) is 23.3. The summed E-state index contributed by atoms with van der Waals surface area (Å²) in [6.45, 7) is 34.7. The Balaban J connectivity index is 1.53. The van der Waals surface area contributed by atoms with Gasteiger partial charge in [-0.3, -0.25) is 4.98 Å². The number of fused-ring (bicyclic) bond motifs is 8. The molecule has 0 saturated carbocycles. The number of nitrogens with one attached hydrogen (secondary N) is 2. The highest BCUT2D eigenvalue weighted by Gasteiger charge is 2.34. The topological polar surface area (TPSA) is 96.0 Å². The number of ether oxygens (including phenoxy) is 2. The Morgan fingerprint density at radius 1 is 0.587 bits per heavy atom. The molecule has 2 aromatic carbocycles. The molecule has 1 fully saturated rings. The van der Waals surface area contributed by atoms with E-state index in [1.54, 1.807) is 0 Å². The van der Waals surface area contributed by atoms with Crippen LogP contribution in [0.4, 0.5) is 0 Å². The number of hydrogen-bond donors (Lipinski definition) is 3. The Morgan fingerprint density at radius 3 is 1.62 bits per heavy atom. The smallest absolute Gasteiger partial charge is 0.187 e. The number of hydrogen-bond acceptors (Lipinski definition) is 5. The Bertz CT molecular complexity index is 2710. The maximum atomic E-state index is 11.4. The van der Waals surface area contributed by atoms with E-state index in [1.807, 2.05) is 6.92 Å². The summed E-state index contributed by atoms with van der Waals surface area (Å²) >= 11 is 0. The molecule has 8 bridgehead atoms. The number of aliphatic hydroxyl groups is 1. The first-order chi connectivity index (χ1) is 29.2. The van der Waals surface area contributed by atoms with E-state index in [0.717, 1.165) is 84.6 Å². The van der Waals surface area contributed by atoms with Crippen molar-refractivity contribution in [2.75, 3.05) is 13.2 Å². The average Bonchev–Trinajstić information content (AvgIpc) is 4.01. The normalized spacial score (nSPS) is 16.8. The molecule has 5 aromatic rings. The number of rotatable bonds is 4. The summed E-state index contributed by atoms with van der Waals surface area (Å²) in [5, 5.41) is 11.4. The minimum atomic E-state index is -0.716. The second kappa shape index (κ2) is 15.7. The largest absolute Gasteiger partial charge is 0.389 e. The molecule has 7 nitrogen and oxygen atoms in total. The van der Waals surface area contributed by atoms with Crippen molar-refractivity contribution in [2.45, 2.75) is 151 Å². The summed E-state index contributed by atoms with van der Waals surface area (Å²) in [5.74, 6) is 0. The number of nitrogens with zero attached hydrogens (tertiary/aromatic N) is 2. The highest BCUT2D eigenvalue weighted by atomic mass is 16.7. The zero-order chi connectivity index (χ0) is 45.6. The fourth-order valence-electron chi connectivity index (χ4n) is 8.88. The van der Waals surface area contributed by atoms with E-state index < -0.39 is 12.4 Å². The van der Waals surface area contributed by atoms with Crippen molar-refractivity contribution >= 4 is 34.2 Å². The van der Waals surface area contributed by atoms with Crippen LogP contribution in [0.15, 0.2) is 60.7 Å². The van der Waals surface area contributed by atoms with Gasteiger partial charge in [0.15, 0.2) is 6.29 Å². The molecule has 0 spiro atoms. The molecule has 3 aliphatic heterocycles. The molecule has 0 aliphatic carbocycles. The highest BCUT2D eigenvalue weighted by Crippen LogP contribution is 2.42. The van der Waals surface area contributed by atoms with Gasteiger partial charge in [0.25, 0.3) is 0 Å². The minimum Gasteiger partial charge on any atom is -0.389 e. The molecule has 1 atom stereocenters. The minimum absolute atomic E-state index is 0.0751. The van der Waals surface area contributed by atoms with Crippen molar-refractivity contribution in [3.8, 4) is 22.3 Å². The quantitative estimate of drug-likeness (QED) is 0.164. The van der Waals surface area contributed by atoms with Crippen LogP contribution in [-0.2, 0) is 44.0 Å². The number of aliphatic hydroxyl groups excluding tert-OH is 1. The van der Waals surface area contributed by atoms with Crippen molar-refractivity contribution in [2.24, 2.45) is 5.41 Å². The van der Waals surface area contributed by atoms with Crippen LogP contribution in [0, 0.1) is 5.41 Å². The molecule has 0 amide bonds. The summed E-state index contributed by atoms with van der Waals surface area (Å²) in [5.41, 5.74) is 17.8. The van der Waals surface area contributed by atoms with E-state index in [2.05, 4.69) is 180 Å². The molecule has 3 aliphatic rings. The fraction of sp³-hybridized carbons (Fsp3) is 0.464. The van der Waals surface area contributed by atoms with E-state index in [0.29, 0.717) is 19.6 Å². The van der Waals surface area contributed by atoms with Gasteiger partial charge in [-0.2, -0.15) is 0 Å². The van der Waals surface area contributed by atoms with Crippen molar-refractivity contribution in [1.82, 2.24) is 19.9 Å². The molecule has 0 radical (unpaired) electrons. The van der Waals surface area contributed by atoms with Crippen LogP contribution in [0.1, 0.15) is 172 Å². The maximum absolute atomic E-state index is 11.4. The lowest BCUT2D eigenvalue weighted by Crippen LogP contribution is -2.34. The third-order valence-electron chi connectivity index (χ3n) is 12.9. The summed E-state index contributed by atoms with van der Waals surface area (Å²) in [6, 6.07) is 22.6. The Kier molecular flexibility index (Phi) is 11.2. The first-order valence-electron chi connectivity index (χ1n) is 23.0. The zero-order valence-electron chi connectivity index (χ0n) is 40.6. The first-order valence-corrected chi connectivity index (χ1v) is 23.0. The molecule has 332 valence electrons. The van der Waals surface area contributed by atoms with Crippen LogP contribution in [-0.4, -0.2) is 38.3 Å². The summed E-state index contributed by atoms with van der Waals surface area (Å²) in [4.78, 5) is 18.8. The van der Waals surface area contributed by atoms with Gasteiger partial charge in [-0.05, 0) is 111 Å². The van der Waals surface area contributed by atoms with Crippen LogP contribution in [0.3, 0.4) is 0 Å². The molecule has 1 saturated heterocycles. The van der Waals surface area contributed by atoms with Crippen LogP contribution in [0.5, 0.6) is 0 Å². The number of benzene rings is 2. The number of H-pyrrole nitrogens is 2. The molecule has 7 heteroatoms. The van der Waals surface area contributed by atoms with Gasteiger partial charge in [0, 0.05) is 44.2 Å². The average molecular weight is 847 g/mol. The van der Waals surface area contributed by atoms with Gasteiger partial charge in [0.2, 0.25) is 0 Å². The van der Waals surface area contributed by atoms with E-state index in [4.69, 9.17) is 19.4 Å². The van der Waals surface area contributed by atoms with E-state index >= 15 is 0 Å². The summed E-state index contributed by atoms with van der Waals surface area (Å²) in [7, 11) is 0. The Morgan fingerprint density at radius 2 is 1.10 bits per heavy atom. The van der Waals surface area contributed by atoms with Gasteiger partial charge < -0.3 is 24.5 Å². The van der Waals surface area contributed by atoms with E-state index in [9.17, 15) is 5.11 Å². The van der Waals surface area contributed by atoms with Gasteiger partial charge in [-0.1, -0.05) is 133 Å². The first kappa shape index (κ1) is 44.8. The van der Waals surface area contributed by atoms with Gasteiger partial charge in [-0.15, -0.1) is 0 Å². The molecular formula is C56H70N4O3. The molecule has 6 heterocycles. The Labute approximate surface area is 375 Å². The molecule has 3 aromatic heterocycles. The fourth-order valence-corrected chi connectivity index (χ4v) is 8.88. The number of aryl methyl sites for hydroxylation is 2. The van der Waals surface area contributed by atoms with Gasteiger partial charge >= 0.3 is 0 Å². The van der Waals surface area contributed by atoms with Crippen LogP contribution < -0.4 is 0 Å².